The number of ether oxygens (including phenoxy) is 2. The Balaban J connectivity index is 1.97. The minimum atomic E-state index is -4.13. The molecule has 1 N–H and O–H groups in total. The smallest absolute Gasteiger partial charge is 0.265 e. The molecule has 28 heavy (non-hydrogen) atoms. The highest BCUT2D eigenvalue weighted by molar-refractivity contribution is 7.90. The van der Waals surface area contributed by atoms with Gasteiger partial charge in [-0.1, -0.05) is 23.7 Å². The standard InChI is InChI=1S/C19H17ClN2O5S/c1-3-27-18-15(20)9-13(10-16(18)26-2)19(23)22-28(24,25)17-6-4-5-12-11-21-8-7-14(12)17/h4-11H,3H2,1-2H3,(H,22,23). The van der Waals surface area contributed by atoms with E-state index in [1.807, 2.05) is 0 Å². The number of halogens is 1. The molecule has 0 aliphatic heterocycles. The van der Waals surface area contributed by atoms with Gasteiger partial charge in [0.25, 0.3) is 15.9 Å². The van der Waals surface area contributed by atoms with Crippen LogP contribution in [0.15, 0.2) is 53.7 Å². The van der Waals surface area contributed by atoms with Crippen LogP contribution in [0.5, 0.6) is 11.5 Å². The predicted octanol–water partition coefficient (Wildman–Crippen LogP) is 3.41. The molecule has 1 aromatic heterocycles. The van der Waals surface area contributed by atoms with Crippen LogP contribution < -0.4 is 14.2 Å². The van der Waals surface area contributed by atoms with Crippen molar-refractivity contribution in [3.8, 4) is 11.5 Å². The lowest BCUT2D eigenvalue weighted by atomic mass is 10.2. The molecule has 1 amide bonds. The van der Waals surface area contributed by atoms with Gasteiger partial charge in [-0.05, 0) is 31.2 Å². The van der Waals surface area contributed by atoms with E-state index in [1.54, 1.807) is 31.3 Å². The van der Waals surface area contributed by atoms with Crippen LogP contribution in [0.4, 0.5) is 0 Å². The summed E-state index contributed by atoms with van der Waals surface area (Å²) in [6, 6.07) is 9.01. The molecule has 2 aromatic carbocycles. The first-order valence-corrected chi connectivity index (χ1v) is 10.1. The zero-order valence-electron chi connectivity index (χ0n) is 15.1. The minimum absolute atomic E-state index is 0.0234. The van der Waals surface area contributed by atoms with Gasteiger partial charge in [-0.15, -0.1) is 0 Å². The zero-order chi connectivity index (χ0) is 20.3. The second-order valence-corrected chi connectivity index (χ2v) is 7.77. The number of fused-ring (bicyclic) bond motifs is 1. The first-order valence-electron chi connectivity index (χ1n) is 8.27. The third-order valence-electron chi connectivity index (χ3n) is 3.94. The minimum Gasteiger partial charge on any atom is -0.493 e. The summed E-state index contributed by atoms with van der Waals surface area (Å²) in [4.78, 5) is 16.6. The van der Waals surface area contributed by atoms with Gasteiger partial charge < -0.3 is 9.47 Å². The molecule has 0 saturated carbocycles. The van der Waals surface area contributed by atoms with Crippen molar-refractivity contribution in [2.45, 2.75) is 11.8 Å². The highest BCUT2D eigenvalue weighted by atomic mass is 35.5. The van der Waals surface area contributed by atoms with Crippen LogP contribution in [0.2, 0.25) is 5.02 Å². The number of methoxy groups -OCH3 is 1. The third kappa shape index (κ3) is 3.88. The van der Waals surface area contributed by atoms with Gasteiger partial charge in [0.1, 0.15) is 0 Å². The van der Waals surface area contributed by atoms with Gasteiger partial charge in [0.05, 0.1) is 23.6 Å². The van der Waals surface area contributed by atoms with Crippen LogP contribution in [0.25, 0.3) is 10.8 Å². The lowest BCUT2D eigenvalue weighted by Gasteiger charge is -2.14. The number of benzene rings is 2. The fourth-order valence-electron chi connectivity index (χ4n) is 2.70. The number of amides is 1. The van der Waals surface area contributed by atoms with Gasteiger partial charge in [-0.25, -0.2) is 13.1 Å². The Morgan fingerprint density at radius 3 is 2.75 bits per heavy atom. The molecule has 0 fully saturated rings. The lowest BCUT2D eigenvalue weighted by Crippen LogP contribution is -2.30. The number of carbonyl (C=O) groups is 1. The molecule has 0 unspecified atom stereocenters. The molecular weight excluding hydrogens is 404 g/mol. The van der Waals surface area contributed by atoms with E-state index >= 15 is 0 Å². The Hall–Kier alpha value is -2.84. The van der Waals surface area contributed by atoms with E-state index < -0.39 is 15.9 Å². The summed E-state index contributed by atoms with van der Waals surface area (Å²) in [5.41, 5.74) is 0.0239. The highest BCUT2D eigenvalue weighted by Crippen LogP contribution is 2.36. The van der Waals surface area contributed by atoms with E-state index in [0.717, 1.165) is 0 Å². The number of hydrogen-bond acceptors (Lipinski definition) is 6. The second kappa shape index (κ2) is 8.04. The van der Waals surface area contributed by atoms with Crippen LogP contribution in [0.1, 0.15) is 17.3 Å². The van der Waals surface area contributed by atoms with Gasteiger partial charge in [-0.2, -0.15) is 0 Å². The Morgan fingerprint density at radius 2 is 2.04 bits per heavy atom. The Labute approximate surface area is 167 Å². The maximum atomic E-state index is 12.8. The van der Waals surface area contributed by atoms with Crippen LogP contribution in [-0.4, -0.2) is 33.0 Å². The predicted molar refractivity (Wildman–Crippen MR) is 106 cm³/mol. The average molecular weight is 421 g/mol. The highest BCUT2D eigenvalue weighted by Gasteiger charge is 2.23. The van der Waals surface area contributed by atoms with Crippen molar-refractivity contribution in [2.24, 2.45) is 0 Å². The Morgan fingerprint density at radius 1 is 1.25 bits per heavy atom. The monoisotopic (exact) mass is 420 g/mol. The fraction of sp³-hybridized carbons (Fsp3) is 0.158. The number of sulfonamides is 1. The van der Waals surface area contributed by atoms with Crippen molar-refractivity contribution in [1.82, 2.24) is 9.71 Å². The molecule has 3 rings (SSSR count). The summed E-state index contributed by atoms with van der Waals surface area (Å²) in [5.74, 6) is -0.324. The molecule has 0 aliphatic carbocycles. The molecule has 0 saturated heterocycles. The number of pyridine rings is 1. The third-order valence-corrected chi connectivity index (χ3v) is 5.61. The number of nitrogens with one attached hydrogen (secondary N) is 1. The van der Waals surface area contributed by atoms with Crippen molar-refractivity contribution in [1.29, 1.82) is 0 Å². The topological polar surface area (TPSA) is 94.6 Å². The SMILES string of the molecule is CCOc1c(Cl)cc(C(=O)NS(=O)(=O)c2cccc3cnccc23)cc1OC. The van der Waals surface area contributed by atoms with Crippen molar-refractivity contribution >= 4 is 38.3 Å². The number of nitrogens with zero attached hydrogens (tertiary/aromatic N) is 1. The van der Waals surface area contributed by atoms with Gasteiger partial charge in [0.15, 0.2) is 11.5 Å². The lowest BCUT2D eigenvalue weighted by molar-refractivity contribution is 0.0981. The fourth-order valence-corrected chi connectivity index (χ4v) is 4.17. The van der Waals surface area contributed by atoms with E-state index in [2.05, 4.69) is 9.71 Å². The van der Waals surface area contributed by atoms with Gasteiger partial charge in [-0.3, -0.25) is 9.78 Å². The van der Waals surface area contributed by atoms with Crippen molar-refractivity contribution in [3.63, 3.8) is 0 Å². The molecule has 3 aromatic rings. The molecule has 9 heteroatoms. The number of hydrogen-bond donors (Lipinski definition) is 1. The first kappa shape index (κ1) is 19.9. The Bertz CT molecular complexity index is 1140. The first-order chi connectivity index (χ1) is 13.4. The van der Waals surface area contributed by atoms with Crippen LogP contribution >= 0.6 is 11.6 Å². The number of carbonyl (C=O) groups excluding carboxylic acids is 1. The van der Waals surface area contributed by atoms with Gasteiger partial charge in [0, 0.05) is 28.7 Å². The summed E-state index contributed by atoms with van der Waals surface area (Å²) < 4.78 is 38.3. The van der Waals surface area contributed by atoms with Gasteiger partial charge in [0.2, 0.25) is 0 Å². The van der Waals surface area contributed by atoms with Gasteiger partial charge >= 0.3 is 0 Å². The van der Waals surface area contributed by atoms with Crippen molar-refractivity contribution in [3.05, 3.63) is 59.4 Å². The second-order valence-electron chi connectivity index (χ2n) is 5.71. The normalized spacial score (nSPS) is 11.2. The van der Waals surface area contributed by atoms with Crippen LogP contribution in [0, 0.1) is 0 Å². The molecule has 1 heterocycles. The average Bonchev–Trinajstić information content (AvgIpc) is 2.68. The van der Waals surface area contributed by atoms with Crippen molar-refractivity contribution < 1.29 is 22.7 Å². The summed E-state index contributed by atoms with van der Waals surface area (Å²) >= 11 is 6.16. The number of rotatable bonds is 6. The molecule has 0 spiro atoms. The molecule has 0 aliphatic rings. The summed E-state index contributed by atoms with van der Waals surface area (Å²) in [7, 11) is -2.73. The molecule has 0 bridgehead atoms. The zero-order valence-corrected chi connectivity index (χ0v) is 16.7. The van der Waals surface area contributed by atoms with E-state index in [9.17, 15) is 13.2 Å². The largest absolute Gasteiger partial charge is 0.493 e. The molecule has 146 valence electrons. The molecular formula is C19H17ClN2O5S. The molecule has 0 radical (unpaired) electrons. The molecule has 7 nitrogen and oxygen atoms in total. The van der Waals surface area contributed by atoms with E-state index in [0.29, 0.717) is 17.4 Å². The maximum Gasteiger partial charge on any atom is 0.265 e. The number of aromatic nitrogens is 1. The van der Waals surface area contributed by atoms with Crippen LogP contribution in [-0.2, 0) is 10.0 Å². The summed E-state index contributed by atoms with van der Waals surface area (Å²) in [6.07, 6.45) is 3.04. The van der Waals surface area contributed by atoms with Crippen molar-refractivity contribution in [2.75, 3.05) is 13.7 Å². The summed E-state index contributed by atoms with van der Waals surface area (Å²) in [6.45, 7) is 2.13. The quantitative estimate of drug-likeness (QED) is 0.656. The van der Waals surface area contributed by atoms with E-state index in [-0.39, 0.29) is 27.0 Å². The van der Waals surface area contributed by atoms with E-state index in [1.165, 1.54) is 31.5 Å². The maximum absolute atomic E-state index is 12.8. The Kier molecular flexibility index (Phi) is 5.71. The molecule has 0 atom stereocenters. The summed E-state index contributed by atoms with van der Waals surface area (Å²) in [5, 5.41) is 1.24. The van der Waals surface area contributed by atoms with Crippen LogP contribution in [0.3, 0.4) is 0 Å². The van der Waals surface area contributed by atoms with E-state index in [4.69, 9.17) is 21.1 Å².